The molecule has 1 aliphatic heterocycles. The van der Waals surface area contributed by atoms with Crippen molar-refractivity contribution in [3.63, 3.8) is 0 Å². The van der Waals surface area contributed by atoms with Crippen molar-refractivity contribution >= 4 is 0 Å². The number of nitrogens with zero attached hydrogens (tertiary/aromatic N) is 1. The fourth-order valence-electron chi connectivity index (χ4n) is 4.66. The Balaban J connectivity index is 2.04. The number of benzene rings is 1. The quantitative estimate of drug-likeness (QED) is 0.929. The molecule has 1 aliphatic carbocycles. The van der Waals surface area contributed by atoms with E-state index in [9.17, 15) is 5.11 Å². The summed E-state index contributed by atoms with van der Waals surface area (Å²) in [5.41, 5.74) is 2.81. The Morgan fingerprint density at radius 3 is 2.77 bits per heavy atom. The molecule has 3 heteroatoms. The fourth-order valence-corrected chi connectivity index (χ4v) is 4.66. The molecule has 0 amide bonds. The molecule has 3 rings (SSSR count). The number of hydrogen-bond donors (Lipinski definition) is 1. The van der Waals surface area contributed by atoms with E-state index in [0.29, 0.717) is 11.8 Å². The monoisotopic (exact) mass is 303 g/mol. The first-order chi connectivity index (χ1) is 10.3. The van der Waals surface area contributed by atoms with E-state index in [1.165, 1.54) is 5.56 Å². The van der Waals surface area contributed by atoms with Crippen LogP contribution in [0, 0.1) is 5.41 Å². The van der Waals surface area contributed by atoms with E-state index >= 15 is 0 Å². The summed E-state index contributed by atoms with van der Waals surface area (Å²) in [6.07, 6.45) is 2.30. The maximum absolute atomic E-state index is 10.4. The molecule has 1 N–H and O–H groups in total. The summed E-state index contributed by atoms with van der Waals surface area (Å²) in [6.45, 7) is 11.4. The van der Waals surface area contributed by atoms with Crippen molar-refractivity contribution in [1.29, 1.82) is 0 Å². The molecule has 2 aliphatic rings. The zero-order valence-electron chi connectivity index (χ0n) is 14.5. The van der Waals surface area contributed by atoms with Gasteiger partial charge in [-0.05, 0) is 48.9 Å². The highest BCUT2D eigenvalue weighted by molar-refractivity contribution is 5.48. The zero-order valence-corrected chi connectivity index (χ0v) is 14.5. The number of fused-ring (bicyclic) bond motifs is 4. The summed E-state index contributed by atoms with van der Waals surface area (Å²) in [4.78, 5) is 2.57. The molecule has 3 atom stereocenters. The molecule has 1 unspecified atom stereocenters. The van der Waals surface area contributed by atoms with Crippen molar-refractivity contribution in [1.82, 2.24) is 4.90 Å². The third kappa shape index (κ3) is 2.10. The molecular weight excluding hydrogens is 274 g/mol. The molecule has 122 valence electrons. The molecule has 0 aromatic heterocycles. The Morgan fingerprint density at radius 2 is 2.09 bits per heavy atom. The fraction of sp³-hybridized carbons (Fsp3) is 0.684. The second-order valence-electron chi connectivity index (χ2n) is 7.87. The molecule has 22 heavy (non-hydrogen) atoms. The van der Waals surface area contributed by atoms with Gasteiger partial charge in [0.15, 0.2) is 0 Å². The van der Waals surface area contributed by atoms with Crippen LogP contribution in [0.25, 0.3) is 0 Å². The summed E-state index contributed by atoms with van der Waals surface area (Å²) in [5.74, 6) is 0.464. The average Bonchev–Trinajstić information content (AvgIpc) is 2.46. The van der Waals surface area contributed by atoms with E-state index in [4.69, 9.17) is 4.74 Å². The molecule has 0 spiro atoms. The van der Waals surface area contributed by atoms with Crippen molar-refractivity contribution < 1.29 is 9.84 Å². The maximum Gasteiger partial charge on any atom is 0.119 e. The molecule has 0 saturated carbocycles. The predicted molar refractivity (Wildman–Crippen MR) is 89.4 cm³/mol. The average molecular weight is 303 g/mol. The highest BCUT2D eigenvalue weighted by Crippen LogP contribution is 2.57. The van der Waals surface area contributed by atoms with Crippen molar-refractivity contribution in [2.24, 2.45) is 5.41 Å². The molecule has 1 aromatic rings. The lowest BCUT2D eigenvalue weighted by molar-refractivity contribution is -0.0572. The van der Waals surface area contributed by atoms with E-state index < -0.39 is 0 Å². The summed E-state index contributed by atoms with van der Waals surface area (Å²) in [7, 11) is 1.78. The van der Waals surface area contributed by atoms with Crippen molar-refractivity contribution in [3.05, 3.63) is 29.3 Å². The van der Waals surface area contributed by atoms with Crippen molar-refractivity contribution in [3.8, 4) is 5.75 Å². The van der Waals surface area contributed by atoms with Crippen molar-refractivity contribution in [2.45, 2.75) is 58.1 Å². The van der Waals surface area contributed by atoms with Gasteiger partial charge in [0.1, 0.15) is 5.75 Å². The minimum absolute atomic E-state index is 0.122. The Hall–Kier alpha value is -1.06. The first-order valence-corrected chi connectivity index (χ1v) is 8.39. The largest absolute Gasteiger partial charge is 0.508 e. The van der Waals surface area contributed by atoms with Crippen LogP contribution in [0.5, 0.6) is 5.75 Å². The first kappa shape index (κ1) is 15.8. The maximum atomic E-state index is 10.4. The predicted octanol–water partition coefficient (Wildman–Crippen LogP) is 3.34. The number of hydrogen-bond acceptors (Lipinski definition) is 3. The van der Waals surface area contributed by atoms with Crippen molar-refractivity contribution in [2.75, 3.05) is 20.2 Å². The highest BCUT2D eigenvalue weighted by Gasteiger charge is 2.56. The lowest BCUT2D eigenvalue weighted by atomic mass is 9.51. The number of ether oxygens (including phenoxy) is 1. The SMILES string of the molecule is CO[C@@H](C)CN1CCC2(C)c3cccc(O)c3C[C@H]1C2(C)C. The van der Waals surface area contributed by atoms with E-state index in [1.54, 1.807) is 7.11 Å². The van der Waals surface area contributed by atoms with Crippen LogP contribution in [0.4, 0.5) is 0 Å². The summed E-state index contributed by atoms with van der Waals surface area (Å²) >= 11 is 0. The normalized spacial score (nSPS) is 31.6. The first-order valence-electron chi connectivity index (χ1n) is 8.39. The topological polar surface area (TPSA) is 32.7 Å². The third-order valence-electron chi connectivity index (χ3n) is 6.63. The van der Waals surface area contributed by atoms with Gasteiger partial charge in [-0.15, -0.1) is 0 Å². The summed E-state index contributed by atoms with van der Waals surface area (Å²) in [5, 5.41) is 10.4. The van der Waals surface area contributed by atoms with Crippen LogP contribution in [-0.4, -0.2) is 42.4 Å². The number of likely N-dealkylation sites (tertiary alicyclic amines) is 1. The Kier molecular flexibility index (Phi) is 3.77. The lowest BCUT2D eigenvalue weighted by Gasteiger charge is -2.61. The van der Waals surface area contributed by atoms with E-state index in [0.717, 1.165) is 31.5 Å². The molecule has 1 heterocycles. The van der Waals surface area contributed by atoms with E-state index in [-0.39, 0.29) is 16.9 Å². The molecular formula is C19H29NO2. The van der Waals surface area contributed by atoms with Gasteiger partial charge in [-0.25, -0.2) is 0 Å². The van der Waals surface area contributed by atoms with Gasteiger partial charge in [0, 0.05) is 25.1 Å². The van der Waals surface area contributed by atoms with E-state index in [2.05, 4.69) is 38.7 Å². The number of rotatable bonds is 3. The van der Waals surface area contributed by atoms with Gasteiger partial charge in [0.25, 0.3) is 0 Å². The van der Waals surface area contributed by atoms with Gasteiger partial charge in [0.05, 0.1) is 6.10 Å². The van der Waals surface area contributed by atoms with Crippen LogP contribution in [0.15, 0.2) is 18.2 Å². The zero-order chi connectivity index (χ0) is 16.1. The van der Waals surface area contributed by atoms with Crippen LogP contribution >= 0.6 is 0 Å². The third-order valence-corrected chi connectivity index (χ3v) is 6.63. The Labute approximate surface area is 134 Å². The number of phenols is 1. The van der Waals surface area contributed by atoms with Gasteiger partial charge < -0.3 is 9.84 Å². The van der Waals surface area contributed by atoms with Crippen LogP contribution in [0.2, 0.25) is 0 Å². The van der Waals surface area contributed by atoms with Gasteiger partial charge in [-0.2, -0.15) is 0 Å². The van der Waals surface area contributed by atoms with Gasteiger partial charge in [0.2, 0.25) is 0 Å². The molecule has 1 aromatic carbocycles. The number of piperidine rings is 1. The van der Waals surface area contributed by atoms with Gasteiger partial charge >= 0.3 is 0 Å². The van der Waals surface area contributed by atoms with Crippen LogP contribution in [0.3, 0.4) is 0 Å². The minimum atomic E-state index is 0.122. The molecule has 3 nitrogen and oxygen atoms in total. The van der Waals surface area contributed by atoms with Gasteiger partial charge in [-0.3, -0.25) is 4.90 Å². The Bertz CT molecular complexity index is 569. The van der Waals surface area contributed by atoms with Crippen LogP contribution in [-0.2, 0) is 16.6 Å². The van der Waals surface area contributed by atoms with Gasteiger partial charge in [-0.1, -0.05) is 32.9 Å². The smallest absolute Gasteiger partial charge is 0.119 e. The molecule has 1 saturated heterocycles. The number of phenolic OH excluding ortho intramolecular Hbond substituents is 1. The second kappa shape index (κ2) is 5.24. The molecule has 1 fully saturated rings. The standard InChI is InChI=1S/C19H29NO2/c1-13(22-5)12-20-10-9-19(4)15-7-6-8-16(21)14(15)11-17(20)18(19,2)3/h6-8,13,17,21H,9-12H2,1-5H3/t13-,17-,19?/m0/s1. The minimum Gasteiger partial charge on any atom is -0.508 e. The summed E-state index contributed by atoms with van der Waals surface area (Å²) < 4.78 is 5.49. The second-order valence-corrected chi connectivity index (χ2v) is 7.87. The number of methoxy groups -OCH3 is 1. The van der Waals surface area contributed by atoms with E-state index in [1.807, 2.05) is 12.1 Å². The number of aromatic hydroxyl groups is 1. The Morgan fingerprint density at radius 1 is 1.36 bits per heavy atom. The van der Waals surface area contributed by atoms with Crippen LogP contribution < -0.4 is 0 Å². The summed E-state index contributed by atoms with van der Waals surface area (Å²) in [6, 6.07) is 6.50. The highest BCUT2D eigenvalue weighted by atomic mass is 16.5. The lowest BCUT2D eigenvalue weighted by Crippen LogP contribution is -2.64. The molecule has 0 radical (unpaired) electrons. The van der Waals surface area contributed by atoms with Crippen LogP contribution in [0.1, 0.15) is 45.2 Å². The molecule has 2 bridgehead atoms.